The van der Waals surface area contributed by atoms with Gasteiger partial charge in [0.1, 0.15) is 0 Å². The van der Waals surface area contributed by atoms with Crippen molar-refractivity contribution >= 4 is 0 Å². The molecule has 1 rings (SSSR count). The van der Waals surface area contributed by atoms with Crippen LogP contribution in [0.25, 0.3) is 0 Å². The second kappa shape index (κ2) is 6.05. The van der Waals surface area contributed by atoms with Crippen LogP contribution in [0.4, 0.5) is 0 Å². The number of hydrogen-bond acceptors (Lipinski definition) is 1. The van der Waals surface area contributed by atoms with Crippen molar-refractivity contribution < 1.29 is 5.11 Å². The van der Waals surface area contributed by atoms with Gasteiger partial charge in [0.2, 0.25) is 0 Å². The summed E-state index contributed by atoms with van der Waals surface area (Å²) in [5.74, 6) is 0. The summed E-state index contributed by atoms with van der Waals surface area (Å²) in [6, 6.07) is 8.28. The van der Waals surface area contributed by atoms with Gasteiger partial charge in [-0.25, -0.2) is 0 Å². The number of aliphatic hydroxyl groups excluding tert-OH is 1. The van der Waals surface area contributed by atoms with E-state index in [9.17, 15) is 0 Å². The van der Waals surface area contributed by atoms with Gasteiger partial charge in [-0.2, -0.15) is 0 Å². The van der Waals surface area contributed by atoms with Crippen molar-refractivity contribution in [2.24, 2.45) is 5.41 Å². The van der Waals surface area contributed by atoms with Gasteiger partial charge < -0.3 is 5.11 Å². The lowest BCUT2D eigenvalue weighted by Gasteiger charge is -2.17. The molecule has 0 atom stereocenters. The number of hydrogen-bond donors (Lipinski definition) is 1. The van der Waals surface area contributed by atoms with Gasteiger partial charge in [-0.3, -0.25) is 0 Å². The standard InChI is InChI=1S/C15H24O/c1-15(2,3)11-5-4-6-13-7-9-14(12-16)10-8-13/h7-10,16H,4-6,11-12H2,1-3H3. The van der Waals surface area contributed by atoms with Gasteiger partial charge in [-0.05, 0) is 35.8 Å². The summed E-state index contributed by atoms with van der Waals surface area (Å²) in [6.07, 6.45) is 5.00. The molecule has 0 spiro atoms. The summed E-state index contributed by atoms with van der Waals surface area (Å²) in [5.41, 5.74) is 2.84. The lowest BCUT2D eigenvalue weighted by atomic mass is 9.89. The molecule has 90 valence electrons. The third-order valence-electron chi connectivity index (χ3n) is 2.85. The third-order valence-corrected chi connectivity index (χ3v) is 2.85. The minimum atomic E-state index is 0.143. The Kier molecular flexibility index (Phi) is 5.01. The van der Waals surface area contributed by atoms with Crippen LogP contribution in [0, 0.1) is 5.41 Å². The Labute approximate surface area is 99.5 Å². The molecular formula is C15H24O. The van der Waals surface area contributed by atoms with E-state index in [1.807, 2.05) is 12.1 Å². The second-order valence-corrected chi connectivity index (χ2v) is 5.74. The first-order valence-corrected chi connectivity index (χ1v) is 6.20. The largest absolute Gasteiger partial charge is 0.392 e. The average molecular weight is 220 g/mol. The molecule has 0 aliphatic heterocycles. The van der Waals surface area contributed by atoms with Gasteiger partial charge in [0.05, 0.1) is 6.61 Å². The van der Waals surface area contributed by atoms with Crippen LogP contribution in [0.15, 0.2) is 24.3 Å². The molecule has 1 N–H and O–H groups in total. The highest BCUT2D eigenvalue weighted by Gasteiger charge is 2.08. The predicted octanol–water partition coefficient (Wildman–Crippen LogP) is 3.94. The topological polar surface area (TPSA) is 20.2 Å². The zero-order valence-corrected chi connectivity index (χ0v) is 10.8. The van der Waals surface area contributed by atoms with E-state index in [1.165, 1.54) is 24.8 Å². The highest BCUT2D eigenvalue weighted by atomic mass is 16.3. The molecule has 0 aliphatic carbocycles. The van der Waals surface area contributed by atoms with E-state index in [2.05, 4.69) is 32.9 Å². The molecule has 0 saturated carbocycles. The molecule has 1 aromatic carbocycles. The van der Waals surface area contributed by atoms with Crippen LogP contribution in [0.2, 0.25) is 0 Å². The van der Waals surface area contributed by atoms with Crippen molar-refractivity contribution in [3.8, 4) is 0 Å². The van der Waals surface area contributed by atoms with E-state index in [-0.39, 0.29) is 6.61 Å². The molecule has 1 nitrogen and oxygen atoms in total. The van der Waals surface area contributed by atoms with Crippen molar-refractivity contribution in [1.29, 1.82) is 0 Å². The number of aliphatic hydroxyl groups is 1. The van der Waals surface area contributed by atoms with Crippen molar-refractivity contribution in [3.05, 3.63) is 35.4 Å². The molecule has 16 heavy (non-hydrogen) atoms. The van der Waals surface area contributed by atoms with E-state index in [4.69, 9.17) is 5.11 Å². The van der Waals surface area contributed by atoms with Gasteiger partial charge in [0.25, 0.3) is 0 Å². The first-order valence-electron chi connectivity index (χ1n) is 6.20. The first-order chi connectivity index (χ1) is 7.51. The van der Waals surface area contributed by atoms with E-state index in [1.54, 1.807) is 0 Å². The molecule has 1 aromatic rings. The van der Waals surface area contributed by atoms with Crippen LogP contribution >= 0.6 is 0 Å². The van der Waals surface area contributed by atoms with Gasteiger partial charge in [-0.1, -0.05) is 51.5 Å². The molecule has 0 amide bonds. The van der Waals surface area contributed by atoms with Crippen LogP contribution in [-0.2, 0) is 13.0 Å². The van der Waals surface area contributed by atoms with Gasteiger partial charge in [-0.15, -0.1) is 0 Å². The fourth-order valence-electron chi connectivity index (χ4n) is 1.80. The summed E-state index contributed by atoms with van der Waals surface area (Å²) in [4.78, 5) is 0. The molecule has 0 unspecified atom stereocenters. The van der Waals surface area contributed by atoms with Crippen LogP contribution in [0.3, 0.4) is 0 Å². The molecule has 0 heterocycles. The molecule has 0 aliphatic rings. The number of aryl methyl sites for hydroxylation is 1. The Hall–Kier alpha value is -0.820. The fourth-order valence-corrected chi connectivity index (χ4v) is 1.80. The number of unbranched alkanes of at least 4 members (excludes halogenated alkanes) is 1. The fraction of sp³-hybridized carbons (Fsp3) is 0.600. The summed E-state index contributed by atoms with van der Waals surface area (Å²) >= 11 is 0. The molecule has 0 fully saturated rings. The normalized spacial score (nSPS) is 11.8. The minimum absolute atomic E-state index is 0.143. The van der Waals surface area contributed by atoms with Crippen molar-refractivity contribution in [2.45, 2.75) is 53.1 Å². The van der Waals surface area contributed by atoms with E-state index in [0.29, 0.717) is 5.41 Å². The molecule has 0 radical (unpaired) electrons. The summed E-state index contributed by atoms with van der Waals surface area (Å²) in [6.45, 7) is 7.03. The predicted molar refractivity (Wildman–Crippen MR) is 69.4 cm³/mol. The minimum Gasteiger partial charge on any atom is -0.392 e. The Balaban J connectivity index is 2.27. The summed E-state index contributed by atoms with van der Waals surface area (Å²) in [7, 11) is 0. The maximum absolute atomic E-state index is 8.93. The van der Waals surface area contributed by atoms with Crippen LogP contribution < -0.4 is 0 Å². The lowest BCUT2D eigenvalue weighted by Crippen LogP contribution is -2.04. The molecular weight excluding hydrogens is 196 g/mol. The molecule has 1 heteroatoms. The zero-order chi connectivity index (χ0) is 12.0. The highest BCUT2D eigenvalue weighted by Crippen LogP contribution is 2.22. The Morgan fingerprint density at radius 3 is 2.00 bits per heavy atom. The molecule has 0 bridgehead atoms. The van der Waals surface area contributed by atoms with Crippen molar-refractivity contribution in [3.63, 3.8) is 0 Å². The SMILES string of the molecule is CC(C)(C)CCCCc1ccc(CO)cc1. The van der Waals surface area contributed by atoms with Gasteiger partial charge in [0, 0.05) is 0 Å². The van der Waals surface area contributed by atoms with Gasteiger partial charge >= 0.3 is 0 Å². The average Bonchev–Trinajstić information content (AvgIpc) is 2.24. The number of rotatable bonds is 5. The van der Waals surface area contributed by atoms with Crippen LogP contribution in [-0.4, -0.2) is 5.11 Å². The van der Waals surface area contributed by atoms with Crippen LogP contribution in [0.5, 0.6) is 0 Å². The second-order valence-electron chi connectivity index (χ2n) is 5.74. The third kappa shape index (κ3) is 5.32. The maximum Gasteiger partial charge on any atom is 0.0681 e. The Morgan fingerprint density at radius 2 is 1.50 bits per heavy atom. The quantitative estimate of drug-likeness (QED) is 0.745. The zero-order valence-electron chi connectivity index (χ0n) is 10.8. The smallest absolute Gasteiger partial charge is 0.0681 e. The maximum atomic E-state index is 8.93. The van der Waals surface area contributed by atoms with Crippen molar-refractivity contribution in [1.82, 2.24) is 0 Å². The first kappa shape index (κ1) is 13.2. The Morgan fingerprint density at radius 1 is 0.938 bits per heavy atom. The van der Waals surface area contributed by atoms with E-state index >= 15 is 0 Å². The summed E-state index contributed by atoms with van der Waals surface area (Å²) < 4.78 is 0. The highest BCUT2D eigenvalue weighted by molar-refractivity contribution is 5.21. The summed E-state index contributed by atoms with van der Waals surface area (Å²) in [5, 5.41) is 8.93. The van der Waals surface area contributed by atoms with Crippen molar-refractivity contribution in [2.75, 3.05) is 0 Å². The Bertz CT molecular complexity index is 292. The lowest BCUT2D eigenvalue weighted by molar-refractivity contribution is 0.282. The van der Waals surface area contributed by atoms with Crippen LogP contribution in [0.1, 0.15) is 51.2 Å². The van der Waals surface area contributed by atoms with E-state index in [0.717, 1.165) is 12.0 Å². The van der Waals surface area contributed by atoms with Gasteiger partial charge in [0.15, 0.2) is 0 Å². The molecule has 0 saturated heterocycles. The monoisotopic (exact) mass is 220 g/mol. The number of benzene rings is 1. The van der Waals surface area contributed by atoms with E-state index < -0.39 is 0 Å². The molecule has 0 aromatic heterocycles.